The van der Waals surface area contributed by atoms with Crippen LogP contribution in [-0.4, -0.2) is 43.7 Å². The Labute approximate surface area is 123 Å². The molecule has 2 N–H and O–H groups in total. The van der Waals surface area contributed by atoms with Crippen molar-refractivity contribution in [2.45, 2.75) is 19.8 Å². The number of hydrogen-bond acceptors (Lipinski definition) is 5. The van der Waals surface area contributed by atoms with Crippen LogP contribution >= 0.6 is 0 Å². The molecule has 0 aromatic heterocycles. The van der Waals surface area contributed by atoms with Crippen LogP contribution in [0.15, 0.2) is 12.1 Å². The zero-order chi connectivity index (χ0) is 15.2. The number of carbonyl (C=O) groups is 1. The first-order valence-electron chi connectivity index (χ1n) is 7.23. The number of nitrogens with zero attached hydrogens (tertiary/aromatic N) is 1. The molecular formula is C15H21FN2O3. The predicted octanol–water partition coefficient (Wildman–Crippen LogP) is 2.06. The Balaban J connectivity index is 2.00. The van der Waals surface area contributed by atoms with Gasteiger partial charge in [-0.3, -0.25) is 4.90 Å². The molecule has 1 aromatic carbocycles. The molecule has 6 heteroatoms. The molecule has 0 saturated carbocycles. The van der Waals surface area contributed by atoms with Gasteiger partial charge in [-0.15, -0.1) is 0 Å². The van der Waals surface area contributed by atoms with Gasteiger partial charge in [0.05, 0.1) is 12.2 Å². The normalized spacial score (nSPS) is 15.1. The van der Waals surface area contributed by atoms with Gasteiger partial charge in [0.1, 0.15) is 6.61 Å². The molecule has 116 valence electrons. The Morgan fingerprint density at radius 1 is 1.38 bits per heavy atom. The number of ether oxygens (including phenoxy) is 2. The number of nitrogens with two attached hydrogens (primary N) is 1. The number of rotatable bonds is 6. The van der Waals surface area contributed by atoms with Gasteiger partial charge in [0, 0.05) is 18.3 Å². The molecule has 0 amide bonds. The van der Waals surface area contributed by atoms with Gasteiger partial charge in [0.15, 0.2) is 11.6 Å². The molecule has 2 rings (SSSR count). The Morgan fingerprint density at radius 2 is 2.10 bits per heavy atom. The SMILES string of the molecule is CCOC(=O)c1cc(OCCN2CCCC2)c(F)cc1N. The van der Waals surface area contributed by atoms with Crippen LogP contribution in [0, 0.1) is 5.82 Å². The van der Waals surface area contributed by atoms with Gasteiger partial charge < -0.3 is 15.2 Å². The van der Waals surface area contributed by atoms with Gasteiger partial charge >= 0.3 is 5.97 Å². The van der Waals surface area contributed by atoms with E-state index in [1.165, 1.54) is 18.9 Å². The molecule has 1 fully saturated rings. The zero-order valence-corrected chi connectivity index (χ0v) is 12.2. The summed E-state index contributed by atoms with van der Waals surface area (Å²) in [6, 6.07) is 2.41. The van der Waals surface area contributed by atoms with Crippen LogP contribution < -0.4 is 10.5 Å². The van der Waals surface area contributed by atoms with Gasteiger partial charge in [-0.05, 0) is 38.9 Å². The molecule has 1 heterocycles. The van der Waals surface area contributed by atoms with Crippen LogP contribution in [-0.2, 0) is 4.74 Å². The number of halogens is 1. The minimum absolute atomic E-state index is 0.0338. The molecule has 0 atom stereocenters. The topological polar surface area (TPSA) is 64.8 Å². The Morgan fingerprint density at radius 3 is 2.76 bits per heavy atom. The zero-order valence-electron chi connectivity index (χ0n) is 12.2. The monoisotopic (exact) mass is 296 g/mol. The highest BCUT2D eigenvalue weighted by molar-refractivity contribution is 5.95. The molecule has 5 nitrogen and oxygen atoms in total. The summed E-state index contributed by atoms with van der Waals surface area (Å²) in [5.74, 6) is -1.10. The first-order chi connectivity index (χ1) is 10.1. The summed E-state index contributed by atoms with van der Waals surface area (Å²) in [6.07, 6.45) is 2.40. The first-order valence-corrected chi connectivity index (χ1v) is 7.23. The summed E-state index contributed by atoms with van der Waals surface area (Å²) < 4.78 is 24.1. The molecule has 21 heavy (non-hydrogen) atoms. The van der Waals surface area contributed by atoms with E-state index in [9.17, 15) is 9.18 Å². The Kier molecular flexibility index (Phi) is 5.38. The third-order valence-electron chi connectivity index (χ3n) is 3.46. The van der Waals surface area contributed by atoms with E-state index >= 15 is 0 Å². The van der Waals surface area contributed by atoms with E-state index in [0.29, 0.717) is 6.61 Å². The standard InChI is InChI=1S/C15H21FN2O3/c1-2-20-15(19)11-9-14(12(16)10-13(11)17)21-8-7-18-5-3-4-6-18/h9-10H,2-8,17H2,1H3. The largest absolute Gasteiger partial charge is 0.489 e. The maximum absolute atomic E-state index is 13.8. The van der Waals surface area contributed by atoms with Crippen molar-refractivity contribution < 1.29 is 18.7 Å². The number of esters is 1. The molecule has 1 aliphatic heterocycles. The summed E-state index contributed by atoms with van der Waals surface area (Å²) in [4.78, 5) is 14.0. The summed E-state index contributed by atoms with van der Waals surface area (Å²) in [5, 5.41) is 0. The van der Waals surface area contributed by atoms with Crippen LogP contribution in [0.25, 0.3) is 0 Å². The van der Waals surface area contributed by atoms with Crippen LogP contribution in [0.1, 0.15) is 30.1 Å². The van der Waals surface area contributed by atoms with Crippen molar-refractivity contribution in [1.82, 2.24) is 4.90 Å². The molecule has 0 spiro atoms. The van der Waals surface area contributed by atoms with Gasteiger partial charge in [-0.1, -0.05) is 0 Å². The predicted molar refractivity (Wildman–Crippen MR) is 77.9 cm³/mol. The highest BCUT2D eigenvalue weighted by Crippen LogP contribution is 2.25. The van der Waals surface area contributed by atoms with Gasteiger partial charge in [-0.25, -0.2) is 9.18 Å². The van der Waals surface area contributed by atoms with Crippen molar-refractivity contribution in [2.75, 3.05) is 38.6 Å². The third kappa shape index (κ3) is 4.07. The molecule has 0 unspecified atom stereocenters. The van der Waals surface area contributed by atoms with E-state index in [-0.39, 0.29) is 23.6 Å². The summed E-state index contributed by atoms with van der Waals surface area (Å²) in [6.45, 7) is 5.18. The van der Waals surface area contributed by atoms with Crippen molar-refractivity contribution in [3.63, 3.8) is 0 Å². The van der Waals surface area contributed by atoms with Crippen molar-refractivity contribution in [1.29, 1.82) is 0 Å². The summed E-state index contributed by atoms with van der Waals surface area (Å²) in [5.41, 5.74) is 5.83. The molecule has 1 saturated heterocycles. The van der Waals surface area contributed by atoms with Gasteiger partial charge in [0.2, 0.25) is 0 Å². The number of carbonyl (C=O) groups excluding carboxylic acids is 1. The lowest BCUT2D eigenvalue weighted by molar-refractivity contribution is 0.0527. The van der Waals surface area contributed by atoms with Crippen molar-refractivity contribution in [3.8, 4) is 5.75 Å². The third-order valence-corrected chi connectivity index (χ3v) is 3.46. The number of nitrogen functional groups attached to an aromatic ring is 1. The quantitative estimate of drug-likeness (QED) is 0.643. The second-order valence-electron chi connectivity index (χ2n) is 4.99. The number of anilines is 1. The molecule has 0 aliphatic carbocycles. The highest BCUT2D eigenvalue weighted by Gasteiger charge is 2.17. The van der Waals surface area contributed by atoms with E-state index < -0.39 is 11.8 Å². The second-order valence-corrected chi connectivity index (χ2v) is 4.99. The highest BCUT2D eigenvalue weighted by atomic mass is 19.1. The van der Waals surface area contributed by atoms with E-state index in [4.69, 9.17) is 15.2 Å². The lowest BCUT2D eigenvalue weighted by Crippen LogP contribution is -2.25. The van der Waals surface area contributed by atoms with Crippen molar-refractivity contribution in [2.24, 2.45) is 0 Å². The van der Waals surface area contributed by atoms with E-state index in [2.05, 4.69) is 4.90 Å². The molecule has 1 aliphatic rings. The maximum Gasteiger partial charge on any atom is 0.340 e. The first kappa shape index (κ1) is 15.6. The second kappa shape index (κ2) is 7.26. The van der Waals surface area contributed by atoms with Crippen LogP contribution in [0.2, 0.25) is 0 Å². The van der Waals surface area contributed by atoms with Crippen molar-refractivity contribution in [3.05, 3.63) is 23.5 Å². The fourth-order valence-electron chi connectivity index (χ4n) is 2.36. The average Bonchev–Trinajstić information content (AvgIpc) is 2.94. The summed E-state index contributed by atoms with van der Waals surface area (Å²) in [7, 11) is 0. The molecule has 1 aromatic rings. The van der Waals surface area contributed by atoms with E-state index in [0.717, 1.165) is 25.7 Å². The van der Waals surface area contributed by atoms with E-state index in [1.807, 2.05) is 0 Å². The van der Waals surface area contributed by atoms with Crippen LogP contribution in [0.3, 0.4) is 0 Å². The van der Waals surface area contributed by atoms with E-state index in [1.54, 1.807) is 6.92 Å². The number of benzene rings is 1. The minimum Gasteiger partial charge on any atom is -0.489 e. The minimum atomic E-state index is -0.570. The molecule has 0 radical (unpaired) electrons. The average molecular weight is 296 g/mol. The maximum atomic E-state index is 13.8. The number of likely N-dealkylation sites (tertiary alicyclic amines) is 1. The van der Waals surface area contributed by atoms with Crippen LogP contribution in [0.4, 0.5) is 10.1 Å². The lowest BCUT2D eigenvalue weighted by atomic mass is 10.1. The summed E-state index contributed by atoms with van der Waals surface area (Å²) >= 11 is 0. The number of hydrogen-bond donors (Lipinski definition) is 1. The lowest BCUT2D eigenvalue weighted by Gasteiger charge is -2.16. The Hall–Kier alpha value is -1.82. The van der Waals surface area contributed by atoms with Crippen LogP contribution in [0.5, 0.6) is 5.75 Å². The van der Waals surface area contributed by atoms with Gasteiger partial charge in [-0.2, -0.15) is 0 Å². The fraction of sp³-hybridized carbons (Fsp3) is 0.533. The Bertz CT molecular complexity index is 502. The molecule has 0 bridgehead atoms. The smallest absolute Gasteiger partial charge is 0.340 e. The fourth-order valence-corrected chi connectivity index (χ4v) is 2.36. The van der Waals surface area contributed by atoms with Crippen molar-refractivity contribution >= 4 is 11.7 Å². The van der Waals surface area contributed by atoms with Gasteiger partial charge in [0.25, 0.3) is 0 Å². The molecular weight excluding hydrogens is 275 g/mol.